The molecule has 7 nitrogen and oxygen atoms in total. The van der Waals surface area contributed by atoms with E-state index in [1.165, 1.54) is 52.1 Å². The number of thiazole rings is 1. The molecular weight excluding hydrogens is 458 g/mol. The minimum Gasteiger partial charge on any atom is -0.497 e. The van der Waals surface area contributed by atoms with Crippen molar-refractivity contribution in [1.29, 1.82) is 0 Å². The van der Waals surface area contributed by atoms with Crippen LogP contribution in [0.5, 0.6) is 5.75 Å². The van der Waals surface area contributed by atoms with Crippen molar-refractivity contribution in [3.8, 4) is 5.75 Å². The van der Waals surface area contributed by atoms with Gasteiger partial charge in [-0.25, -0.2) is 8.42 Å². The standard InChI is InChI=1S/C24H25N3O4S2/c1-5-14-26(15-6-2)33(29,30)20-11-8-18(9-12-20)23(28)25-24-27(16-7-3)21-13-10-19(31-4)17-22(21)32-24/h5-13,17H,1-3,14-16H2,4H3. The topological polar surface area (TPSA) is 81.0 Å². The first kappa shape index (κ1) is 24.4. The number of hydrogen-bond acceptors (Lipinski definition) is 5. The minimum absolute atomic E-state index is 0.0819. The lowest BCUT2D eigenvalue weighted by atomic mass is 10.2. The van der Waals surface area contributed by atoms with Crippen molar-refractivity contribution in [2.24, 2.45) is 4.99 Å². The second-order valence-corrected chi connectivity index (χ2v) is 9.91. The van der Waals surface area contributed by atoms with Crippen LogP contribution in [-0.4, -0.2) is 43.4 Å². The van der Waals surface area contributed by atoms with Gasteiger partial charge in [-0.1, -0.05) is 29.6 Å². The molecule has 3 rings (SSSR count). The number of hydrogen-bond donors (Lipinski definition) is 0. The molecular formula is C24H25N3O4S2. The smallest absolute Gasteiger partial charge is 0.279 e. The summed E-state index contributed by atoms with van der Waals surface area (Å²) in [6, 6.07) is 11.4. The first-order chi connectivity index (χ1) is 15.8. The molecule has 172 valence electrons. The van der Waals surface area contributed by atoms with Gasteiger partial charge in [-0.2, -0.15) is 9.30 Å². The van der Waals surface area contributed by atoms with Crippen molar-refractivity contribution in [2.75, 3.05) is 20.2 Å². The highest BCUT2D eigenvalue weighted by atomic mass is 32.2. The summed E-state index contributed by atoms with van der Waals surface area (Å²) >= 11 is 1.36. The van der Waals surface area contributed by atoms with Crippen molar-refractivity contribution in [3.63, 3.8) is 0 Å². The molecule has 0 atom stereocenters. The predicted octanol–water partition coefficient (Wildman–Crippen LogP) is 4.00. The van der Waals surface area contributed by atoms with Crippen molar-refractivity contribution >= 4 is 37.5 Å². The van der Waals surface area contributed by atoms with Crippen LogP contribution in [0.15, 0.2) is 90.3 Å². The number of benzene rings is 2. The second kappa shape index (κ2) is 10.6. The Kier molecular flexibility index (Phi) is 7.80. The van der Waals surface area contributed by atoms with Gasteiger partial charge in [0.2, 0.25) is 10.0 Å². The Morgan fingerprint density at radius 2 is 1.76 bits per heavy atom. The highest BCUT2D eigenvalue weighted by Gasteiger charge is 2.22. The molecule has 0 radical (unpaired) electrons. The summed E-state index contributed by atoms with van der Waals surface area (Å²) in [6.07, 6.45) is 4.76. The van der Waals surface area contributed by atoms with E-state index >= 15 is 0 Å². The number of sulfonamides is 1. The molecule has 0 saturated heterocycles. The fraction of sp³-hybridized carbons (Fsp3) is 0.167. The predicted molar refractivity (Wildman–Crippen MR) is 132 cm³/mol. The van der Waals surface area contributed by atoms with E-state index in [0.717, 1.165) is 10.2 Å². The van der Waals surface area contributed by atoms with Gasteiger partial charge in [0.1, 0.15) is 5.75 Å². The molecule has 0 unspecified atom stereocenters. The quantitative estimate of drug-likeness (QED) is 0.408. The molecule has 1 heterocycles. The largest absolute Gasteiger partial charge is 0.497 e. The van der Waals surface area contributed by atoms with Crippen LogP contribution >= 0.6 is 11.3 Å². The van der Waals surface area contributed by atoms with E-state index in [1.54, 1.807) is 13.2 Å². The lowest BCUT2D eigenvalue weighted by molar-refractivity contribution is 0.0997. The Morgan fingerprint density at radius 1 is 1.09 bits per heavy atom. The third kappa shape index (κ3) is 5.22. The number of nitrogens with zero attached hydrogens (tertiary/aromatic N) is 3. The fourth-order valence-corrected chi connectivity index (χ4v) is 5.65. The average molecular weight is 484 g/mol. The second-order valence-electron chi connectivity index (χ2n) is 6.96. The van der Waals surface area contributed by atoms with Crippen molar-refractivity contribution in [2.45, 2.75) is 11.4 Å². The van der Waals surface area contributed by atoms with Crippen molar-refractivity contribution < 1.29 is 17.9 Å². The molecule has 0 spiro atoms. The number of carbonyl (C=O) groups excluding carboxylic acids is 1. The molecule has 2 aromatic carbocycles. The summed E-state index contributed by atoms with van der Waals surface area (Å²) in [5, 5.41) is 0. The van der Waals surface area contributed by atoms with E-state index in [4.69, 9.17) is 4.74 Å². The number of methoxy groups -OCH3 is 1. The summed E-state index contributed by atoms with van der Waals surface area (Å²) in [5.41, 5.74) is 1.20. The fourth-order valence-electron chi connectivity index (χ4n) is 3.20. The maximum absolute atomic E-state index is 12.9. The molecule has 0 fully saturated rings. The van der Waals surface area contributed by atoms with Gasteiger partial charge in [-0.15, -0.1) is 19.7 Å². The zero-order valence-corrected chi connectivity index (χ0v) is 19.9. The number of allylic oxidation sites excluding steroid dienone is 1. The van der Waals surface area contributed by atoms with Crippen LogP contribution in [0, 0.1) is 0 Å². The summed E-state index contributed by atoms with van der Waals surface area (Å²) in [4.78, 5) is 17.8. The summed E-state index contributed by atoms with van der Waals surface area (Å²) in [7, 11) is -2.14. The number of carbonyl (C=O) groups is 1. The Labute approximate surface area is 197 Å². The molecule has 0 aliphatic carbocycles. The summed E-state index contributed by atoms with van der Waals surface area (Å²) < 4.78 is 35.1. The van der Waals surface area contributed by atoms with Crippen molar-refractivity contribution in [3.05, 3.63) is 90.8 Å². The van der Waals surface area contributed by atoms with Gasteiger partial charge in [0.05, 0.1) is 22.2 Å². The molecule has 0 saturated carbocycles. The van der Waals surface area contributed by atoms with Crippen LogP contribution in [0.4, 0.5) is 0 Å². The van der Waals surface area contributed by atoms with Gasteiger partial charge in [0, 0.05) is 25.2 Å². The number of fused-ring (bicyclic) bond motifs is 1. The number of ether oxygens (including phenoxy) is 1. The maximum atomic E-state index is 12.9. The van der Waals surface area contributed by atoms with Gasteiger partial charge >= 0.3 is 0 Å². The van der Waals surface area contributed by atoms with Gasteiger partial charge in [0.15, 0.2) is 4.80 Å². The molecule has 9 heteroatoms. The van der Waals surface area contributed by atoms with E-state index in [0.29, 0.717) is 17.1 Å². The first-order valence-corrected chi connectivity index (χ1v) is 12.3. The van der Waals surface area contributed by atoms with Crippen LogP contribution in [0.3, 0.4) is 0 Å². The van der Waals surface area contributed by atoms with Crippen LogP contribution < -0.4 is 9.54 Å². The van der Waals surface area contributed by atoms with Gasteiger partial charge in [-0.05, 0) is 42.5 Å². The van der Waals surface area contributed by atoms with Crippen LogP contribution in [0.2, 0.25) is 0 Å². The van der Waals surface area contributed by atoms with E-state index < -0.39 is 15.9 Å². The van der Waals surface area contributed by atoms with Gasteiger partial charge < -0.3 is 9.30 Å². The number of rotatable bonds is 10. The molecule has 0 aliphatic heterocycles. The monoisotopic (exact) mass is 483 g/mol. The average Bonchev–Trinajstić information content (AvgIpc) is 3.15. The Morgan fingerprint density at radius 3 is 2.33 bits per heavy atom. The Balaban J connectivity index is 1.97. The highest BCUT2D eigenvalue weighted by Crippen LogP contribution is 2.23. The molecule has 33 heavy (non-hydrogen) atoms. The molecule has 0 aliphatic rings. The zero-order valence-electron chi connectivity index (χ0n) is 18.3. The SMILES string of the molecule is C=CCN(CC=C)S(=O)(=O)c1ccc(C(=O)N=c2sc3cc(OC)ccc3n2CC=C)cc1. The van der Waals surface area contributed by atoms with Crippen LogP contribution in [0.1, 0.15) is 10.4 Å². The first-order valence-electron chi connectivity index (χ1n) is 10.0. The Bertz CT molecular complexity index is 1360. The maximum Gasteiger partial charge on any atom is 0.279 e. The van der Waals surface area contributed by atoms with Gasteiger partial charge in [-0.3, -0.25) is 4.79 Å². The van der Waals surface area contributed by atoms with Crippen molar-refractivity contribution in [1.82, 2.24) is 8.87 Å². The Hall–Kier alpha value is -3.27. The number of amides is 1. The molecule has 1 amide bonds. The summed E-state index contributed by atoms with van der Waals surface area (Å²) in [5.74, 6) is 0.246. The van der Waals surface area contributed by atoms with E-state index in [2.05, 4.69) is 24.7 Å². The molecule has 3 aromatic rings. The normalized spacial score (nSPS) is 12.1. The summed E-state index contributed by atoms with van der Waals surface area (Å²) in [6.45, 7) is 11.8. The van der Waals surface area contributed by atoms with E-state index in [1.807, 2.05) is 22.8 Å². The minimum atomic E-state index is -3.74. The lowest BCUT2D eigenvalue weighted by Crippen LogP contribution is -2.31. The van der Waals surface area contributed by atoms with Crippen LogP contribution in [-0.2, 0) is 16.6 Å². The highest BCUT2D eigenvalue weighted by molar-refractivity contribution is 7.89. The third-order valence-electron chi connectivity index (χ3n) is 4.80. The van der Waals surface area contributed by atoms with E-state index in [9.17, 15) is 13.2 Å². The van der Waals surface area contributed by atoms with E-state index in [-0.39, 0.29) is 23.5 Å². The van der Waals surface area contributed by atoms with Gasteiger partial charge in [0.25, 0.3) is 5.91 Å². The molecule has 0 bridgehead atoms. The molecule has 0 N–H and O–H groups in total. The lowest BCUT2D eigenvalue weighted by Gasteiger charge is -2.19. The third-order valence-corrected chi connectivity index (χ3v) is 7.69. The van der Waals surface area contributed by atoms with Crippen LogP contribution in [0.25, 0.3) is 10.2 Å². The zero-order chi connectivity index (χ0) is 24.0. The molecule has 1 aromatic heterocycles. The number of aromatic nitrogens is 1.